The van der Waals surface area contributed by atoms with Crippen LogP contribution in [-0.4, -0.2) is 29.4 Å². The molecule has 5 nitrogen and oxygen atoms in total. The Bertz CT molecular complexity index is 1150. The molecule has 0 aliphatic carbocycles. The van der Waals surface area contributed by atoms with Crippen LogP contribution in [0.15, 0.2) is 90.6 Å². The van der Waals surface area contributed by atoms with Gasteiger partial charge in [0.2, 0.25) is 0 Å². The Balaban J connectivity index is 1.79. The number of rotatable bonds is 8. The first kappa shape index (κ1) is 22.3. The van der Waals surface area contributed by atoms with Crippen LogP contribution in [0.5, 0.6) is 5.75 Å². The number of carbonyl (C=O) groups excluding carboxylic acids is 2. The van der Waals surface area contributed by atoms with Crippen LogP contribution in [0.1, 0.15) is 31.9 Å². The van der Waals surface area contributed by atoms with E-state index in [4.69, 9.17) is 4.74 Å². The number of amides is 2. The summed E-state index contributed by atoms with van der Waals surface area (Å²) in [4.78, 5) is 30.6. The molecule has 168 valence electrons. The molecule has 4 rings (SSSR count). The van der Waals surface area contributed by atoms with Crippen molar-refractivity contribution in [3.8, 4) is 5.75 Å². The standard InChI is InChI=1S/C28H28N2O3/c1-4-29(19-21-11-7-5-8-12-21)26-25(22-15-17-24(18-16-22)33-20(2)3)27(31)30(28(26)32)23-13-9-6-10-14-23/h5-18,20H,4,19H2,1-3H3. The quantitative estimate of drug-likeness (QED) is 0.447. The number of hydrogen-bond donors (Lipinski definition) is 0. The zero-order chi connectivity index (χ0) is 23.4. The van der Waals surface area contributed by atoms with Crippen molar-refractivity contribution in [2.75, 3.05) is 11.4 Å². The topological polar surface area (TPSA) is 49.9 Å². The number of benzene rings is 3. The molecule has 3 aromatic carbocycles. The van der Waals surface area contributed by atoms with Gasteiger partial charge in [-0.05, 0) is 56.2 Å². The van der Waals surface area contributed by atoms with Gasteiger partial charge in [-0.1, -0.05) is 60.7 Å². The van der Waals surface area contributed by atoms with Crippen LogP contribution in [0.4, 0.5) is 5.69 Å². The van der Waals surface area contributed by atoms with Crippen LogP contribution in [0, 0.1) is 0 Å². The summed E-state index contributed by atoms with van der Waals surface area (Å²) < 4.78 is 5.76. The third-order valence-electron chi connectivity index (χ3n) is 5.50. The van der Waals surface area contributed by atoms with E-state index in [1.807, 2.05) is 98.5 Å². The molecule has 0 unspecified atom stereocenters. The number of para-hydroxylation sites is 1. The Morgan fingerprint density at radius 1 is 0.818 bits per heavy atom. The number of hydrogen-bond acceptors (Lipinski definition) is 4. The molecule has 0 spiro atoms. The third kappa shape index (κ3) is 4.67. The number of ether oxygens (including phenoxy) is 1. The second-order valence-corrected chi connectivity index (χ2v) is 8.20. The van der Waals surface area contributed by atoms with Crippen molar-refractivity contribution < 1.29 is 14.3 Å². The van der Waals surface area contributed by atoms with Gasteiger partial charge in [0.15, 0.2) is 0 Å². The molecular formula is C28H28N2O3. The molecule has 0 bridgehead atoms. The van der Waals surface area contributed by atoms with E-state index in [2.05, 4.69) is 0 Å². The van der Waals surface area contributed by atoms with Gasteiger partial charge in [0.05, 0.1) is 17.4 Å². The maximum atomic E-state index is 13.7. The van der Waals surface area contributed by atoms with Gasteiger partial charge >= 0.3 is 0 Å². The molecule has 0 saturated carbocycles. The van der Waals surface area contributed by atoms with Crippen molar-refractivity contribution in [1.29, 1.82) is 0 Å². The van der Waals surface area contributed by atoms with Gasteiger partial charge < -0.3 is 9.64 Å². The average molecular weight is 441 g/mol. The number of anilines is 1. The fourth-order valence-electron chi connectivity index (χ4n) is 4.01. The lowest BCUT2D eigenvalue weighted by Crippen LogP contribution is -2.35. The number of nitrogens with zero attached hydrogens (tertiary/aromatic N) is 2. The molecule has 33 heavy (non-hydrogen) atoms. The molecule has 0 atom stereocenters. The highest BCUT2D eigenvalue weighted by atomic mass is 16.5. The van der Waals surface area contributed by atoms with Crippen LogP contribution in [0.3, 0.4) is 0 Å². The first-order chi connectivity index (χ1) is 16.0. The smallest absolute Gasteiger partial charge is 0.282 e. The van der Waals surface area contributed by atoms with E-state index in [-0.39, 0.29) is 17.9 Å². The summed E-state index contributed by atoms with van der Waals surface area (Å²) in [6.45, 7) is 7.05. The minimum atomic E-state index is -0.315. The Kier molecular flexibility index (Phi) is 6.59. The minimum absolute atomic E-state index is 0.0512. The van der Waals surface area contributed by atoms with Gasteiger partial charge in [-0.15, -0.1) is 0 Å². The van der Waals surface area contributed by atoms with Crippen molar-refractivity contribution in [3.63, 3.8) is 0 Å². The summed E-state index contributed by atoms with van der Waals surface area (Å²) >= 11 is 0. The Labute approximate surface area is 194 Å². The van der Waals surface area contributed by atoms with Crippen LogP contribution in [-0.2, 0) is 16.1 Å². The van der Waals surface area contributed by atoms with Crippen LogP contribution < -0.4 is 9.64 Å². The zero-order valence-corrected chi connectivity index (χ0v) is 19.2. The average Bonchev–Trinajstić information content (AvgIpc) is 3.08. The second kappa shape index (κ2) is 9.74. The van der Waals surface area contributed by atoms with E-state index in [0.29, 0.717) is 35.6 Å². The molecule has 1 aliphatic heterocycles. The first-order valence-electron chi connectivity index (χ1n) is 11.2. The SMILES string of the molecule is CCN(Cc1ccccc1)C1=C(c2ccc(OC(C)C)cc2)C(=O)N(c2ccccc2)C1=O. The molecule has 3 aromatic rings. The number of carbonyl (C=O) groups is 2. The lowest BCUT2D eigenvalue weighted by molar-refractivity contribution is -0.120. The monoisotopic (exact) mass is 440 g/mol. The maximum Gasteiger partial charge on any atom is 0.282 e. The van der Waals surface area contributed by atoms with E-state index < -0.39 is 0 Å². The summed E-state index contributed by atoms with van der Waals surface area (Å²) in [5.74, 6) is 0.107. The molecule has 2 amide bonds. The second-order valence-electron chi connectivity index (χ2n) is 8.20. The summed E-state index contributed by atoms with van der Waals surface area (Å²) in [6.07, 6.45) is 0.0512. The molecule has 5 heteroatoms. The van der Waals surface area contributed by atoms with Gasteiger partial charge in [-0.2, -0.15) is 0 Å². The first-order valence-corrected chi connectivity index (χ1v) is 11.2. The van der Waals surface area contributed by atoms with Crippen molar-refractivity contribution >= 4 is 23.1 Å². The van der Waals surface area contributed by atoms with Crippen LogP contribution in [0.2, 0.25) is 0 Å². The van der Waals surface area contributed by atoms with E-state index in [0.717, 1.165) is 11.3 Å². The van der Waals surface area contributed by atoms with E-state index in [1.54, 1.807) is 12.1 Å². The summed E-state index contributed by atoms with van der Waals surface area (Å²) in [5.41, 5.74) is 3.18. The Hall–Kier alpha value is -3.86. The fraction of sp³-hybridized carbons (Fsp3) is 0.214. The lowest BCUT2D eigenvalue weighted by atomic mass is 10.0. The van der Waals surface area contributed by atoms with Crippen LogP contribution in [0.25, 0.3) is 5.57 Å². The van der Waals surface area contributed by atoms with Gasteiger partial charge in [-0.3, -0.25) is 9.59 Å². The molecule has 0 aromatic heterocycles. The fourth-order valence-corrected chi connectivity index (χ4v) is 4.01. The highest BCUT2D eigenvalue weighted by molar-refractivity contribution is 6.45. The molecule has 1 heterocycles. The number of likely N-dealkylation sites (N-methyl/N-ethyl adjacent to an activating group) is 1. The molecule has 0 radical (unpaired) electrons. The molecule has 1 aliphatic rings. The van der Waals surface area contributed by atoms with E-state index in [1.165, 1.54) is 4.90 Å². The van der Waals surface area contributed by atoms with Crippen molar-refractivity contribution in [2.45, 2.75) is 33.4 Å². The lowest BCUT2D eigenvalue weighted by Gasteiger charge is -2.25. The molecule has 0 saturated heterocycles. The van der Waals surface area contributed by atoms with Crippen molar-refractivity contribution in [3.05, 3.63) is 102 Å². The van der Waals surface area contributed by atoms with E-state index in [9.17, 15) is 9.59 Å². The molecule has 0 N–H and O–H groups in total. The minimum Gasteiger partial charge on any atom is -0.491 e. The normalized spacial score (nSPS) is 13.8. The van der Waals surface area contributed by atoms with Gasteiger partial charge in [0, 0.05) is 13.1 Å². The Morgan fingerprint density at radius 2 is 1.42 bits per heavy atom. The van der Waals surface area contributed by atoms with E-state index >= 15 is 0 Å². The highest BCUT2D eigenvalue weighted by Gasteiger charge is 2.42. The summed E-state index contributed by atoms with van der Waals surface area (Å²) in [6, 6.07) is 26.4. The number of imide groups is 1. The predicted molar refractivity (Wildman–Crippen MR) is 131 cm³/mol. The molecular weight excluding hydrogens is 412 g/mol. The zero-order valence-electron chi connectivity index (χ0n) is 19.2. The predicted octanol–water partition coefficient (Wildman–Crippen LogP) is 5.28. The van der Waals surface area contributed by atoms with Crippen LogP contribution >= 0.6 is 0 Å². The molecule has 0 fully saturated rings. The van der Waals surface area contributed by atoms with Crippen molar-refractivity contribution in [2.24, 2.45) is 0 Å². The highest BCUT2D eigenvalue weighted by Crippen LogP contribution is 2.35. The van der Waals surface area contributed by atoms with Crippen molar-refractivity contribution in [1.82, 2.24) is 4.90 Å². The van der Waals surface area contributed by atoms with Gasteiger partial charge in [0.1, 0.15) is 11.4 Å². The summed E-state index contributed by atoms with van der Waals surface area (Å²) in [7, 11) is 0. The van der Waals surface area contributed by atoms with Gasteiger partial charge in [0.25, 0.3) is 11.8 Å². The third-order valence-corrected chi connectivity index (χ3v) is 5.50. The largest absolute Gasteiger partial charge is 0.491 e. The maximum absolute atomic E-state index is 13.7. The Morgan fingerprint density at radius 3 is 2.00 bits per heavy atom. The van der Waals surface area contributed by atoms with Gasteiger partial charge in [-0.25, -0.2) is 4.90 Å². The summed E-state index contributed by atoms with van der Waals surface area (Å²) in [5, 5.41) is 0.